The van der Waals surface area contributed by atoms with Crippen molar-refractivity contribution in [2.24, 2.45) is 0 Å². The van der Waals surface area contributed by atoms with Crippen molar-refractivity contribution in [3.05, 3.63) is 82.4 Å². The lowest BCUT2D eigenvalue weighted by atomic mass is 10.1. The topological polar surface area (TPSA) is 82.1 Å². The summed E-state index contributed by atoms with van der Waals surface area (Å²) in [4.78, 5) is 28.9. The maximum absolute atomic E-state index is 12.9. The fourth-order valence-electron chi connectivity index (χ4n) is 4.09. The molecule has 3 aromatic rings. The molecule has 1 fully saturated rings. The summed E-state index contributed by atoms with van der Waals surface area (Å²) in [6, 6.07) is 17.5. The van der Waals surface area contributed by atoms with Crippen molar-refractivity contribution in [1.29, 1.82) is 0 Å². The zero-order valence-corrected chi connectivity index (χ0v) is 19.8. The molecular formula is C26H26ClN3O4. The normalized spacial score (nSPS) is 13.5. The molecule has 1 aliphatic heterocycles. The van der Waals surface area contributed by atoms with Crippen LogP contribution >= 0.6 is 11.6 Å². The Morgan fingerprint density at radius 1 is 0.882 bits per heavy atom. The lowest BCUT2D eigenvalue weighted by Gasteiger charge is -2.38. The Kier molecular flexibility index (Phi) is 6.93. The van der Waals surface area contributed by atoms with Crippen molar-refractivity contribution in [2.45, 2.75) is 6.92 Å². The van der Waals surface area contributed by atoms with E-state index in [-0.39, 0.29) is 11.5 Å². The summed E-state index contributed by atoms with van der Waals surface area (Å²) in [7, 11) is 1.56. The molecule has 0 spiro atoms. The van der Waals surface area contributed by atoms with Gasteiger partial charge in [0, 0.05) is 42.5 Å². The minimum absolute atomic E-state index is 0.113. The number of hydrogen-bond acceptors (Lipinski definition) is 5. The second-order valence-corrected chi connectivity index (χ2v) is 8.56. The van der Waals surface area contributed by atoms with Crippen molar-refractivity contribution >= 4 is 40.5 Å². The molecule has 1 heterocycles. The zero-order valence-electron chi connectivity index (χ0n) is 19.0. The van der Waals surface area contributed by atoms with Gasteiger partial charge in [0.25, 0.3) is 5.91 Å². The fraction of sp³-hybridized carbons (Fsp3) is 0.231. The van der Waals surface area contributed by atoms with Crippen LogP contribution in [0.4, 0.5) is 17.1 Å². The maximum atomic E-state index is 12.9. The number of hydrogen-bond donors (Lipinski definition) is 2. The SMILES string of the molecule is COc1ccc(C(=O)Nc2cc(C(=O)O)ccc2N2CCN(c3cc(Cl)ccc3C)CC2)cc1. The molecule has 3 aromatic carbocycles. The number of nitrogens with zero attached hydrogens (tertiary/aromatic N) is 2. The Morgan fingerprint density at radius 2 is 1.50 bits per heavy atom. The van der Waals surface area contributed by atoms with Gasteiger partial charge in [0.2, 0.25) is 0 Å². The number of benzene rings is 3. The Balaban J connectivity index is 1.55. The number of carboxylic acids is 1. The Morgan fingerprint density at radius 3 is 2.12 bits per heavy atom. The van der Waals surface area contributed by atoms with Crippen LogP contribution in [-0.4, -0.2) is 50.3 Å². The van der Waals surface area contributed by atoms with Crippen LogP contribution in [0.25, 0.3) is 0 Å². The van der Waals surface area contributed by atoms with Crippen LogP contribution in [0.5, 0.6) is 5.75 Å². The van der Waals surface area contributed by atoms with E-state index in [0.717, 1.165) is 30.0 Å². The molecular weight excluding hydrogens is 454 g/mol. The van der Waals surface area contributed by atoms with Gasteiger partial charge < -0.3 is 25.0 Å². The van der Waals surface area contributed by atoms with Crippen molar-refractivity contribution in [3.63, 3.8) is 0 Å². The number of carbonyl (C=O) groups excluding carboxylic acids is 1. The number of halogens is 1. The summed E-state index contributed by atoms with van der Waals surface area (Å²) in [5.74, 6) is -0.717. The molecule has 0 saturated carbocycles. The first-order valence-electron chi connectivity index (χ1n) is 10.9. The van der Waals surface area contributed by atoms with Gasteiger partial charge in [-0.05, 0) is 67.1 Å². The standard InChI is InChI=1S/C26H26ClN3O4/c1-17-3-7-20(27)16-24(17)30-13-11-29(12-14-30)23-10-6-19(26(32)33)15-22(23)28-25(31)18-4-8-21(34-2)9-5-18/h3-10,15-16H,11-14H2,1-2H3,(H,28,31)(H,32,33). The lowest BCUT2D eigenvalue weighted by Crippen LogP contribution is -2.47. The molecule has 34 heavy (non-hydrogen) atoms. The van der Waals surface area contributed by atoms with E-state index in [1.807, 2.05) is 18.2 Å². The largest absolute Gasteiger partial charge is 0.497 e. The predicted molar refractivity (Wildman–Crippen MR) is 135 cm³/mol. The van der Waals surface area contributed by atoms with Crippen LogP contribution < -0.4 is 19.9 Å². The number of ether oxygens (including phenoxy) is 1. The highest BCUT2D eigenvalue weighted by atomic mass is 35.5. The molecule has 0 aromatic heterocycles. The van der Waals surface area contributed by atoms with Gasteiger partial charge in [0.15, 0.2) is 0 Å². The Hall–Kier alpha value is -3.71. The molecule has 0 aliphatic carbocycles. The van der Waals surface area contributed by atoms with Crippen molar-refractivity contribution in [2.75, 3.05) is 48.4 Å². The van der Waals surface area contributed by atoms with Gasteiger partial charge in [-0.2, -0.15) is 0 Å². The van der Waals surface area contributed by atoms with Crippen molar-refractivity contribution in [3.8, 4) is 5.75 Å². The molecule has 0 bridgehead atoms. The van der Waals surface area contributed by atoms with Crippen LogP contribution in [-0.2, 0) is 0 Å². The van der Waals surface area contributed by atoms with Crippen LogP contribution in [0.15, 0.2) is 60.7 Å². The number of methoxy groups -OCH3 is 1. The number of anilines is 3. The highest BCUT2D eigenvalue weighted by Gasteiger charge is 2.22. The minimum atomic E-state index is -1.05. The summed E-state index contributed by atoms with van der Waals surface area (Å²) in [6.07, 6.45) is 0. The molecule has 7 nitrogen and oxygen atoms in total. The number of piperazine rings is 1. The summed E-state index contributed by atoms with van der Waals surface area (Å²) in [6.45, 7) is 5.03. The third kappa shape index (κ3) is 5.10. The predicted octanol–water partition coefficient (Wildman–Crippen LogP) is 4.93. The zero-order chi connectivity index (χ0) is 24.2. The van der Waals surface area contributed by atoms with Crippen LogP contribution in [0.2, 0.25) is 5.02 Å². The van der Waals surface area contributed by atoms with Gasteiger partial charge in [-0.3, -0.25) is 4.79 Å². The minimum Gasteiger partial charge on any atom is -0.497 e. The number of rotatable bonds is 6. The smallest absolute Gasteiger partial charge is 0.335 e. The van der Waals surface area contributed by atoms with Gasteiger partial charge >= 0.3 is 5.97 Å². The van der Waals surface area contributed by atoms with Crippen molar-refractivity contribution in [1.82, 2.24) is 0 Å². The number of aryl methyl sites for hydroxylation is 1. The first-order chi connectivity index (χ1) is 16.4. The second-order valence-electron chi connectivity index (χ2n) is 8.12. The molecule has 4 rings (SSSR count). The summed E-state index contributed by atoms with van der Waals surface area (Å²) >= 11 is 6.21. The number of nitrogens with one attached hydrogen (secondary N) is 1. The van der Waals surface area contributed by atoms with E-state index >= 15 is 0 Å². The maximum Gasteiger partial charge on any atom is 0.335 e. The summed E-state index contributed by atoms with van der Waals surface area (Å²) < 4.78 is 5.15. The molecule has 1 aliphatic rings. The molecule has 8 heteroatoms. The van der Waals surface area contributed by atoms with Gasteiger partial charge in [-0.15, -0.1) is 0 Å². The fourth-order valence-corrected chi connectivity index (χ4v) is 4.26. The first-order valence-corrected chi connectivity index (χ1v) is 11.3. The molecule has 0 atom stereocenters. The third-order valence-corrected chi connectivity index (χ3v) is 6.21. The first kappa shape index (κ1) is 23.4. The monoisotopic (exact) mass is 479 g/mol. The number of carbonyl (C=O) groups is 2. The van der Waals surface area contributed by atoms with Crippen molar-refractivity contribution < 1.29 is 19.4 Å². The molecule has 2 N–H and O–H groups in total. The summed E-state index contributed by atoms with van der Waals surface area (Å²) in [5, 5.41) is 13.1. The quantitative estimate of drug-likeness (QED) is 0.521. The van der Waals surface area contributed by atoms with Crippen LogP contribution in [0.1, 0.15) is 26.3 Å². The van der Waals surface area contributed by atoms with E-state index in [4.69, 9.17) is 16.3 Å². The van der Waals surface area contributed by atoms with E-state index in [1.165, 1.54) is 6.07 Å². The van der Waals surface area contributed by atoms with E-state index in [1.54, 1.807) is 43.5 Å². The number of carboxylic acid groups (broad SMARTS) is 1. The number of amides is 1. The summed E-state index contributed by atoms with van der Waals surface area (Å²) in [5.41, 5.74) is 4.09. The molecule has 1 amide bonds. The van der Waals surface area contributed by atoms with Crippen LogP contribution in [0, 0.1) is 6.92 Å². The Labute approximate surface area is 203 Å². The second kappa shape index (κ2) is 10.1. The van der Waals surface area contributed by atoms with E-state index in [9.17, 15) is 14.7 Å². The highest BCUT2D eigenvalue weighted by Crippen LogP contribution is 2.31. The molecule has 1 saturated heterocycles. The molecule has 176 valence electrons. The number of aromatic carboxylic acids is 1. The molecule has 0 radical (unpaired) electrons. The van der Waals surface area contributed by atoms with E-state index in [2.05, 4.69) is 22.0 Å². The lowest BCUT2D eigenvalue weighted by molar-refractivity contribution is 0.0696. The van der Waals surface area contributed by atoms with Gasteiger partial charge in [0.1, 0.15) is 5.75 Å². The average Bonchev–Trinajstić information content (AvgIpc) is 2.85. The van der Waals surface area contributed by atoms with E-state index in [0.29, 0.717) is 35.1 Å². The van der Waals surface area contributed by atoms with Gasteiger partial charge in [-0.25, -0.2) is 4.79 Å². The van der Waals surface area contributed by atoms with Gasteiger partial charge in [-0.1, -0.05) is 17.7 Å². The average molecular weight is 480 g/mol. The third-order valence-electron chi connectivity index (χ3n) is 5.98. The van der Waals surface area contributed by atoms with E-state index < -0.39 is 5.97 Å². The van der Waals surface area contributed by atoms with Gasteiger partial charge in [0.05, 0.1) is 24.0 Å². The highest BCUT2D eigenvalue weighted by molar-refractivity contribution is 6.30. The Bertz CT molecular complexity index is 1210. The van der Waals surface area contributed by atoms with Crippen LogP contribution in [0.3, 0.4) is 0 Å². The molecule has 0 unspecified atom stereocenters.